The third kappa shape index (κ3) is 3.16. The van der Waals surface area contributed by atoms with Crippen LogP contribution < -0.4 is 10.6 Å². The van der Waals surface area contributed by atoms with Gasteiger partial charge in [0, 0.05) is 39.1 Å². The molecule has 1 unspecified atom stereocenters. The van der Waals surface area contributed by atoms with Crippen molar-refractivity contribution >= 4 is 23.6 Å². The molecule has 4 aliphatic rings. The Labute approximate surface area is 168 Å². The minimum atomic E-state index is -0.926. The van der Waals surface area contributed by atoms with E-state index in [9.17, 15) is 19.2 Å². The summed E-state index contributed by atoms with van der Waals surface area (Å²) in [6, 6.07) is 4.42. The molecule has 1 aliphatic carbocycles. The summed E-state index contributed by atoms with van der Waals surface area (Å²) < 4.78 is 0. The second-order valence-electron chi connectivity index (χ2n) is 8.67. The maximum absolute atomic E-state index is 13.2. The average molecular weight is 396 g/mol. The van der Waals surface area contributed by atoms with Crippen LogP contribution in [0.3, 0.4) is 0 Å². The quantitative estimate of drug-likeness (QED) is 0.712. The fraction of sp³-hybridized carbons (Fsp3) is 0.524. The van der Waals surface area contributed by atoms with Gasteiger partial charge in [-0.3, -0.25) is 34.3 Å². The molecule has 152 valence electrons. The Kier molecular flexibility index (Phi) is 4.29. The molecule has 2 N–H and O–H groups in total. The normalized spacial score (nSPS) is 26.5. The molecule has 1 atom stereocenters. The minimum absolute atomic E-state index is 0.125. The molecule has 1 saturated carbocycles. The molecule has 8 nitrogen and oxygen atoms in total. The van der Waals surface area contributed by atoms with Crippen LogP contribution in [0.5, 0.6) is 0 Å². The molecule has 0 bridgehead atoms. The number of nitrogens with one attached hydrogen (secondary N) is 2. The summed E-state index contributed by atoms with van der Waals surface area (Å²) in [5.74, 6) is -1.82. The third-order valence-corrected chi connectivity index (χ3v) is 6.57. The van der Waals surface area contributed by atoms with Crippen molar-refractivity contribution in [3.63, 3.8) is 0 Å². The molecule has 3 aliphatic heterocycles. The van der Waals surface area contributed by atoms with E-state index < -0.39 is 23.8 Å². The highest BCUT2D eigenvalue weighted by molar-refractivity contribution is 6.24. The second kappa shape index (κ2) is 6.74. The Morgan fingerprint density at radius 3 is 2.69 bits per heavy atom. The lowest BCUT2D eigenvalue weighted by Crippen LogP contribution is -2.54. The summed E-state index contributed by atoms with van der Waals surface area (Å²) in [4.78, 5) is 53.3. The number of imide groups is 2. The predicted molar refractivity (Wildman–Crippen MR) is 103 cm³/mol. The summed E-state index contributed by atoms with van der Waals surface area (Å²) in [5, 5.41) is 5.74. The number of amides is 4. The monoisotopic (exact) mass is 396 g/mol. The smallest absolute Gasteiger partial charge is 0.262 e. The molecule has 1 aromatic rings. The Morgan fingerprint density at radius 2 is 1.93 bits per heavy atom. The van der Waals surface area contributed by atoms with E-state index in [0.29, 0.717) is 23.1 Å². The lowest BCUT2D eigenvalue weighted by atomic mass is 10.0. The molecule has 5 rings (SSSR count). The SMILES string of the molecule is O=C1CCC(N2C(=O)c3cccc(CN4CCNCC5(CC5)C4)c3C2=O)C(=O)N1. The van der Waals surface area contributed by atoms with Crippen molar-refractivity contribution in [3.8, 4) is 0 Å². The second-order valence-corrected chi connectivity index (χ2v) is 8.67. The summed E-state index contributed by atoms with van der Waals surface area (Å²) in [6.07, 6.45) is 2.75. The van der Waals surface area contributed by atoms with Crippen molar-refractivity contribution in [3.05, 3.63) is 34.9 Å². The van der Waals surface area contributed by atoms with Crippen molar-refractivity contribution in [2.45, 2.75) is 38.3 Å². The van der Waals surface area contributed by atoms with Crippen LogP contribution in [0.4, 0.5) is 0 Å². The number of benzene rings is 1. The number of hydrogen-bond donors (Lipinski definition) is 2. The predicted octanol–water partition coefficient (Wildman–Crippen LogP) is 0.273. The highest BCUT2D eigenvalue weighted by Crippen LogP contribution is 2.46. The molecule has 3 fully saturated rings. The highest BCUT2D eigenvalue weighted by Gasteiger charge is 2.47. The van der Waals surface area contributed by atoms with E-state index in [0.717, 1.165) is 36.6 Å². The molecular formula is C21H24N4O4. The average Bonchev–Trinajstić information content (AvgIpc) is 3.44. The van der Waals surface area contributed by atoms with Gasteiger partial charge in [0.1, 0.15) is 6.04 Å². The minimum Gasteiger partial charge on any atom is -0.315 e. The number of piperidine rings is 1. The van der Waals surface area contributed by atoms with Gasteiger partial charge in [-0.2, -0.15) is 0 Å². The van der Waals surface area contributed by atoms with Crippen molar-refractivity contribution in [1.82, 2.24) is 20.4 Å². The summed E-state index contributed by atoms with van der Waals surface area (Å²) in [7, 11) is 0. The molecule has 0 aromatic heterocycles. The number of fused-ring (bicyclic) bond motifs is 1. The van der Waals surface area contributed by atoms with Crippen molar-refractivity contribution in [1.29, 1.82) is 0 Å². The van der Waals surface area contributed by atoms with Gasteiger partial charge in [0.25, 0.3) is 11.8 Å². The summed E-state index contributed by atoms with van der Waals surface area (Å²) in [6.45, 7) is 4.44. The zero-order chi connectivity index (χ0) is 20.2. The van der Waals surface area contributed by atoms with Crippen LogP contribution in [0.1, 0.15) is 52.0 Å². The Bertz CT molecular complexity index is 923. The van der Waals surface area contributed by atoms with E-state index in [1.165, 1.54) is 12.8 Å². The van der Waals surface area contributed by atoms with Crippen molar-refractivity contribution in [2.24, 2.45) is 5.41 Å². The van der Waals surface area contributed by atoms with Crippen LogP contribution in [0.15, 0.2) is 18.2 Å². The third-order valence-electron chi connectivity index (χ3n) is 6.57. The van der Waals surface area contributed by atoms with E-state index in [-0.39, 0.29) is 18.7 Å². The van der Waals surface area contributed by atoms with Gasteiger partial charge in [0.15, 0.2) is 0 Å². The summed E-state index contributed by atoms with van der Waals surface area (Å²) in [5.41, 5.74) is 1.94. The van der Waals surface area contributed by atoms with E-state index in [1.54, 1.807) is 12.1 Å². The van der Waals surface area contributed by atoms with Gasteiger partial charge >= 0.3 is 0 Å². The van der Waals surface area contributed by atoms with Gasteiger partial charge in [-0.15, -0.1) is 0 Å². The standard InChI is InChI=1S/C21H24N4O4/c26-16-5-4-15(18(27)23-16)25-19(28)14-3-1-2-13(17(14)20(25)29)10-24-9-8-22-11-21(12-24)6-7-21/h1-3,15,22H,4-12H2,(H,23,26,27). The van der Waals surface area contributed by atoms with Crippen LogP contribution in [-0.2, 0) is 16.1 Å². The van der Waals surface area contributed by atoms with Gasteiger partial charge in [0.2, 0.25) is 11.8 Å². The van der Waals surface area contributed by atoms with Crippen LogP contribution in [0.25, 0.3) is 0 Å². The molecule has 0 radical (unpaired) electrons. The Balaban J connectivity index is 1.41. The van der Waals surface area contributed by atoms with Crippen LogP contribution in [0, 0.1) is 5.41 Å². The van der Waals surface area contributed by atoms with Gasteiger partial charge < -0.3 is 5.32 Å². The first kappa shape index (κ1) is 18.4. The van der Waals surface area contributed by atoms with Gasteiger partial charge in [0.05, 0.1) is 11.1 Å². The maximum atomic E-state index is 13.2. The topological polar surface area (TPSA) is 98.8 Å². The van der Waals surface area contributed by atoms with E-state index in [4.69, 9.17) is 0 Å². The molecule has 1 aromatic carbocycles. The number of carbonyl (C=O) groups is 4. The van der Waals surface area contributed by atoms with Crippen LogP contribution >= 0.6 is 0 Å². The molecule has 8 heteroatoms. The molecule has 29 heavy (non-hydrogen) atoms. The molecular weight excluding hydrogens is 372 g/mol. The van der Waals surface area contributed by atoms with Crippen molar-refractivity contribution < 1.29 is 19.2 Å². The number of hydrogen-bond acceptors (Lipinski definition) is 6. The fourth-order valence-corrected chi connectivity index (χ4v) is 4.80. The van der Waals surface area contributed by atoms with Gasteiger partial charge in [-0.05, 0) is 36.3 Å². The van der Waals surface area contributed by atoms with E-state index >= 15 is 0 Å². The molecule has 1 spiro atoms. The van der Waals surface area contributed by atoms with Gasteiger partial charge in [-0.1, -0.05) is 12.1 Å². The molecule has 2 saturated heterocycles. The zero-order valence-electron chi connectivity index (χ0n) is 16.2. The van der Waals surface area contributed by atoms with Crippen LogP contribution in [-0.4, -0.2) is 65.6 Å². The number of nitrogens with zero attached hydrogens (tertiary/aromatic N) is 2. The number of rotatable bonds is 3. The first-order chi connectivity index (χ1) is 14.0. The first-order valence-corrected chi connectivity index (χ1v) is 10.2. The zero-order valence-corrected chi connectivity index (χ0v) is 16.2. The number of carbonyl (C=O) groups excluding carboxylic acids is 4. The molecule has 4 amide bonds. The van der Waals surface area contributed by atoms with Gasteiger partial charge in [-0.25, -0.2) is 0 Å². The Hall–Kier alpha value is -2.58. The fourth-order valence-electron chi connectivity index (χ4n) is 4.80. The first-order valence-electron chi connectivity index (χ1n) is 10.2. The highest BCUT2D eigenvalue weighted by atomic mass is 16.2. The van der Waals surface area contributed by atoms with E-state index in [1.807, 2.05) is 6.07 Å². The van der Waals surface area contributed by atoms with Crippen molar-refractivity contribution in [2.75, 3.05) is 26.2 Å². The molecule has 3 heterocycles. The van der Waals surface area contributed by atoms with E-state index in [2.05, 4.69) is 15.5 Å². The lowest BCUT2D eigenvalue weighted by Gasteiger charge is -2.28. The van der Waals surface area contributed by atoms with Crippen LogP contribution in [0.2, 0.25) is 0 Å². The lowest BCUT2D eigenvalue weighted by molar-refractivity contribution is -0.136. The summed E-state index contributed by atoms with van der Waals surface area (Å²) >= 11 is 0. The largest absolute Gasteiger partial charge is 0.315 e. The maximum Gasteiger partial charge on any atom is 0.262 e. The Morgan fingerprint density at radius 1 is 1.10 bits per heavy atom.